The first kappa shape index (κ1) is 16.3. The number of nitrogens with zero attached hydrogens (tertiary/aromatic N) is 3. The van der Waals surface area contributed by atoms with Crippen LogP contribution in [0.5, 0.6) is 0 Å². The van der Waals surface area contributed by atoms with Gasteiger partial charge in [-0.25, -0.2) is 0 Å². The lowest BCUT2D eigenvalue weighted by Crippen LogP contribution is -2.43. The third kappa shape index (κ3) is 4.26. The first-order valence-electron chi connectivity index (χ1n) is 8.01. The van der Waals surface area contributed by atoms with Gasteiger partial charge in [-0.15, -0.1) is 10.2 Å². The lowest BCUT2D eigenvalue weighted by molar-refractivity contribution is -0.115. The normalized spacial score (nSPS) is 17.8. The fourth-order valence-electron chi connectivity index (χ4n) is 2.83. The Morgan fingerprint density at radius 2 is 2.21 bits per heavy atom. The summed E-state index contributed by atoms with van der Waals surface area (Å²) in [5, 5.41) is 20.2. The van der Waals surface area contributed by atoms with E-state index in [-0.39, 0.29) is 18.2 Å². The lowest BCUT2D eigenvalue weighted by atomic mass is 10.00. The smallest absolute Gasteiger partial charge is 0.271 e. The first-order chi connectivity index (χ1) is 11.7. The van der Waals surface area contributed by atoms with Crippen LogP contribution in [0.2, 0.25) is 0 Å². The van der Waals surface area contributed by atoms with Crippen LogP contribution in [0.25, 0.3) is 0 Å². The number of β-amino-alcohol motifs (C(OH)–C–C–N with tert-alkyl or cyclic N) is 1. The zero-order valence-corrected chi connectivity index (χ0v) is 13.4. The van der Waals surface area contributed by atoms with Crippen LogP contribution in [0.1, 0.15) is 11.1 Å². The molecule has 0 aliphatic carbocycles. The number of hydrogen-bond acceptors (Lipinski definition) is 5. The van der Waals surface area contributed by atoms with Crippen molar-refractivity contribution < 1.29 is 9.90 Å². The van der Waals surface area contributed by atoms with E-state index in [1.165, 1.54) is 11.1 Å². The summed E-state index contributed by atoms with van der Waals surface area (Å²) in [7, 11) is 0. The zero-order chi connectivity index (χ0) is 16.8. The number of fused-ring (bicyclic) bond motifs is 1. The Bertz CT molecular complexity index is 732. The maximum Gasteiger partial charge on any atom is 0.271 e. The van der Waals surface area contributed by atoms with E-state index in [4.69, 9.17) is 0 Å². The molecule has 2 heterocycles. The van der Waals surface area contributed by atoms with Gasteiger partial charge in [0.05, 0.1) is 6.10 Å². The molecule has 1 aromatic rings. The minimum absolute atomic E-state index is 0.182. The van der Waals surface area contributed by atoms with E-state index < -0.39 is 6.10 Å². The molecule has 1 aromatic carbocycles. The number of benzene rings is 1. The van der Waals surface area contributed by atoms with Gasteiger partial charge in [0.25, 0.3) is 5.91 Å². The van der Waals surface area contributed by atoms with Gasteiger partial charge in [0.1, 0.15) is 0 Å². The summed E-state index contributed by atoms with van der Waals surface area (Å²) in [4.78, 5) is 14.2. The highest BCUT2D eigenvalue weighted by Crippen LogP contribution is 2.18. The SMILES string of the molecule is O=C(NC[C@@H](O)CN1CCc2ccccc2C1)C1=NN=C=CC=C1. The highest BCUT2D eigenvalue weighted by atomic mass is 16.3. The van der Waals surface area contributed by atoms with Crippen LogP contribution in [0.4, 0.5) is 0 Å². The van der Waals surface area contributed by atoms with E-state index in [9.17, 15) is 9.90 Å². The van der Waals surface area contributed by atoms with Gasteiger partial charge in [-0.3, -0.25) is 9.69 Å². The number of aliphatic hydroxyl groups excluding tert-OH is 1. The van der Waals surface area contributed by atoms with Gasteiger partial charge in [-0.1, -0.05) is 30.3 Å². The molecule has 1 amide bonds. The topological polar surface area (TPSA) is 77.3 Å². The fourth-order valence-corrected chi connectivity index (χ4v) is 2.83. The molecule has 1 atom stereocenters. The second-order valence-electron chi connectivity index (χ2n) is 5.86. The third-order valence-electron chi connectivity index (χ3n) is 4.05. The van der Waals surface area contributed by atoms with Crippen molar-refractivity contribution in [2.24, 2.45) is 10.2 Å². The molecule has 124 valence electrons. The standard InChI is InChI=1S/C18H20N4O2/c23-16(11-19-18(24)17-7-3-4-9-20-21-17)13-22-10-8-14-5-1-2-6-15(14)12-22/h1-7,16,23H,8,10-13H2,(H,19,24)/t16-/m1/s1. The van der Waals surface area contributed by atoms with E-state index in [0.29, 0.717) is 6.54 Å². The Labute approximate surface area is 140 Å². The average Bonchev–Trinajstić information content (AvgIpc) is 2.89. The number of nitrogens with one attached hydrogen (secondary N) is 1. The van der Waals surface area contributed by atoms with Crippen molar-refractivity contribution in [2.45, 2.75) is 19.1 Å². The van der Waals surface area contributed by atoms with Crippen LogP contribution in [0.3, 0.4) is 0 Å². The molecule has 6 heteroatoms. The molecule has 0 unspecified atom stereocenters. The van der Waals surface area contributed by atoms with Crippen LogP contribution in [0, 0.1) is 0 Å². The molecule has 6 nitrogen and oxygen atoms in total. The predicted molar refractivity (Wildman–Crippen MR) is 93.0 cm³/mol. The Balaban J connectivity index is 1.46. The van der Waals surface area contributed by atoms with Crippen molar-refractivity contribution in [2.75, 3.05) is 19.6 Å². The highest BCUT2D eigenvalue weighted by Gasteiger charge is 2.19. The highest BCUT2D eigenvalue weighted by molar-refractivity contribution is 6.43. The minimum Gasteiger partial charge on any atom is -0.390 e. The molecule has 24 heavy (non-hydrogen) atoms. The number of rotatable bonds is 5. The van der Waals surface area contributed by atoms with E-state index in [2.05, 4.69) is 44.5 Å². The van der Waals surface area contributed by atoms with Gasteiger partial charge in [0.15, 0.2) is 5.71 Å². The summed E-state index contributed by atoms with van der Waals surface area (Å²) in [6.45, 7) is 2.45. The van der Waals surface area contributed by atoms with Gasteiger partial charge in [0.2, 0.25) is 0 Å². The Hall–Kier alpha value is -2.53. The van der Waals surface area contributed by atoms with Crippen molar-refractivity contribution in [1.82, 2.24) is 10.2 Å². The molecule has 0 aromatic heterocycles. The Morgan fingerprint density at radius 3 is 3.08 bits per heavy atom. The minimum atomic E-state index is -0.629. The van der Waals surface area contributed by atoms with Gasteiger partial charge in [-0.05, 0) is 23.6 Å². The number of carbonyl (C=O) groups is 1. The second-order valence-corrected chi connectivity index (χ2v) is 5.86. The number of hydrogen-bond donors (Lipinski definition) is 2. The zero-order valence-electron chi connectivity index (χ0n) is 13.4. The molecule has 3 rings (SSSR count). The summed E-state index contributed by atoms with van der Waals surface area (Å²) in [5.41, 5.74) is 2.89. The predicted octanol–water partition coefficient (Wildman–Crippen LogP) is 0.673. The van der Waals surface area contributed by atoms with Gasteiger partial charge >= 0.3 is 0 Å². The largest absolute Gasteiger partial charge is 0.390 e. The van der Waals surface area contributed by atoms with Crippen molar-refractivity contribution in [1.29, 1.82) is 0 Å². The summed E-state index contributed by atoms with van der Waals surface area (Å²) in [5.74, 6) is 2.20. The summed E-state index contributed by atoms with van der Waals surface area (Å²) < 4.78 is 0. The monoisotopic (exact) mass is 324 g/mol. The van der Waals surface area contributed by atoms with Crippen LogP contribution in [-0.4, -0.2) is 53.2 Å². The summed E-state index contributed by atoms with van der Waals surface area (Å²) in [6.07, 6.45) is 5.15. The number of aliphatic hydroxyl groups is 1. The summed E-state index contributed by atoms with van der Waals surface area (Å²) >= 11 is 0. The number of amides is 1. The molecular weight excluding hydrogens is 304 g/mol. The lowest BCUT2D eigenvalue weighted by Gasteiger charge is -2.30. The van der Waals surface area contributed by atoms with E-state index in [1.54, 1.807) is 18.2 Å². The molecule has 2 N–H and O–H groups in total. The molecule has 0 saturated heterocycles. The van der Waals surface area contributed by atoms with Crippen LogP contribution >= 0.6 is 0 Å². The van der Waals surface area contributed by atoms with E-state index >= 15 is 0 Å². The average molecular weight is 324 g/mol. The molecular formula is C18H20N4O2. The third-order valence-corrected chi connectivity index (χ3v) is 4.05. The summed E-state index contributed by atoms with van der Waals surface area (Å²) in [6, 6.07) is 8.38. The van der Waals surface area contributed by atoms with Crippen LogP contribution in [0.15, 0.2) is 52.7 Å². The molecule has 0 radical (unpaired) electrons. The number of carbonyl (C=O) groups excluding carboxylic acids is 1. The van der Waals surface area contributed by atoms with Crippen molar-refractivity contribution in [3.63, 3.8) is 0 Å². The molecule has 2 aliphatic heterocycles. The van der Waals surface area contributed by atoms with Gasteiger partial charge in [-0.2, -0.15) is 0 Å². The second kappa shape index (κ2) is 7.84. The van der Waals surface area contributed by atoms with Gasteiger partial charge in [0, 0.05) is 38.1 Å². The van der Waals surface area contributed by atoms with Crippen molar-refractivity contribution in [3.8, 4) is 0 Å². The Kier molecular flexibility index (Phi) is 5.33. The maximum atomic E-state index is 12.0. The number of allylic oxidation sites excluding steroid dienone is 2. The van der Waals surface area contributed by atoms with E-state index in [0.717, 1.165) is 19.5 Å². The molecule has 2 aliphatic rings. The first-order valence-corrected chi connectivity index (χ1v) is 8.01. The van der Waals surface area contributed by atoms with Crippen molar-refractivity contribution in [3.05, 3.63) is 53.6 Å². The van der Waals surface area contributed by atoms with E-state index in [1.807, 2.05) is 6.07 Å². The fraction of sp³-hybridized carbons (Fsp3) is 0.333. The van der Waals surface area contributed by atoms with Crippen LogP contribution < -0.4 is 5.32 Å². The molecule has 0 bridgehead atoms. The molecule has 0 fully saturated rings. The molecule has 0 spiro atoms. The Morgan fingerprint density at radius 1 is 1.38 bits per heavy atom. The van der Waals surface area contributed by atoms with Crippen molar-refractivity contribution >= 4 is 17.5 Å². The van der Waals surface area contributed by atoms with Gasteiger partial charge < -0.3 is 10.4 Å². The molecule has 0 saturated carbocycles. The quantitative estimate of drug-likeness (QED) is 0.836. The van der Waals surface area contributed by atoms with Crippen LogP contribution in [-0.2, 0) is 17.8 Å². The maximum absolute atomic E-state index is 12.0.